The fourth-order valence-electron chi connectivity index (χ4n) is 3.42. The van der Waals surface area contributed by atoms with Crippen LogP contribution in [0.3, 0.4) is 0 Å². The number of aromatic nitrogens is 2. The van der Waals surface area contributed by atoms with Gasteiger partial charge in [0.15, 0.2) is 11.5 Å². The molecule has 0 aliphatic rings. The van der Waals surface area contributed by atoms with E-state index in [0.717, 1.165) is 32.0 Å². The minimum Gasteiger partial charge on any atom is -0.493 e. The Hall–Kier alpha value is -2.49. The molecule has 0 amide bonds. The van der Waals surface area contributed by atoms with Crippen LogP contribution < -0.4 is 19.5 Å². The van der Waals surface area contributed by atoms with Crippen molar-refractivity contribution in [1.82, 2.24) is 9.97 Å². The number of fused-ring (bicyclic) bond motifs is 1. The smallest absolute Gasteiger partial charge is 0.203 e. The molecule has 0 bridgehead atoms. The van der Waals surface area contributed by atoms with Crippen LogP contribution in [0.15, 0.2) is 45.8 Å². The Morgan fingerprint density at radius 3 is 2.24 bits per heavy atom. The van der Waals surface area contributed by atoms with Crippen LogP contribution in [-0.2, 0) is 5.75 Å². The Kier molecular flexibility index (Phi) is 7.31. The van der Waals surface area contributed by atoms with Gasteiger partial charge in [-0.1, -0.05) is 15.9 Å². The number of halogens is 1. The number of thiophene rings is 1. The topological polar surface area (TPSA) is 65.5 Å². The van der Waals surface area contributed by atoms with Crippen molar-refractivity contribution < 1.29 is 14.2 Å². The molecule has 0 saturated heterocycles. The monoisotopic (exact) mass is 545 g/mol. The summed E-state index contributed by atoms with van der Waals surface area (Å²) in [5.74, 6) is 3.90. The zero-order valence-corrected chi connectivity index (χ0v) is 22.2. The molecule has 0 spiro atoms. The van der Waals surface area contributed by atoms with Gasteiger partial charge >= 0.3 is 0 Å². The van der Waals surface area contributed by atoms with Crippen molar-refractivity contribution in [1.29, 1.82) is 0 Å². The summed E-state index contributed by atoms with van der Waals surface area (Å²) in [6, 6.07) is 12.0. The number of hydrogen-bond acceptors (Lipinski definition) is 8. The quantitative estimate of drug-likeness (QED) is 0.236. The summed E-state index contributed by atoms with van der Waals surface area (Å²) >= 11 is 6.88. The van der Waals surface area contributed by atoms with Gasteiger partial charge in [-0.15, -0.1) is 23.1 Å². The molecular weight excluding hydrogens is 522 g/mol. The lowest BCUT2D eigenvalue weighted by Gasteiger charge is -2.15. The van der Waals surface area contributed by atoms with E-state index in [1.165, 1.54) is 15.3 Å². The fourth-order valence-corrected chi connectivity index (χ4v) is 5.48. The van der Waals surface area contributed by atoms with Gasteiger partial charge in [-0.3, -0.25) is 0 Å². The molecule has 2 aromatic heterocycles. The summed E-state index contributed by atoms with van der Waals surface area (Å²) in [7, 11) is 4.80. The molecule has 0 fully saturated rings. The van der Waals surface area contributed by atoms with Crippen LogP contribution in [-0.4, -0.2) is 31.3 Å². The van der Waals surface area contributed by atoms with E-state index in [2.05, 4.69) is 47.2 Å². The number of nitrogens with one attached hydrogen (secondary N) is 1. The Morgan fingerprint density at radius 2 is 1.64 bits per heavy atom. The van der Waals surface area contributed by atoms with E-state index >= 15 is 0 Å². The van der Waals surface area contributed by atoms with Crippen molar-refractivity contribution in [3.63, 3.8) is 0 Å². The first-order valence-corrected chi connectivity index (χ1v) is 12.7. The molecule has 0 saturated carbocycles. The third kappa shape index (κ3) is 5.05. The molecule has 172 valence electrons. The number of methoxy groups -OCH3 is 3. The number of rotatable bonds is 8. The van der Waals surface area contributed by atoms with Crippen LogP contribution in [0.2, 0.25) is 0 Å². The number of anilines is 2. The lowest BCUT2D eigenvalue weighted by Crippen LogP contribution is -2.02. The molecule has 9 heteroatoms. The summed E-state index contributed by atoms with van der Waals surface area (Å²) in [4.78, 5) is 13.1. The van der Waals surface area contributed by atoms with Crippen LogP contribution in [0.1, 0.15) is 16.3 Å². The van der Waals surface area contributed by atoms with E-state index in [4.69, 9.17) is 24.2 Å². The first-order valence-electron chi connectivity index (χ1n) is 10.2. The molecule has 2 aromatic carbocycles. The molecule has 0 aliphatic carbocycles. The molecule has 0 aliphatic heterocycles. The van der Waals surface area contributed by atoms with Crippen LogP contribution >= 0.6 is 39.0 Å². The molecule has 2 heterocycles. The molecule has 0 atom stereocenters. The molecule has 0 unspecified atom stereocenters. The van der Waals surface area contributed by atoms with Gasteiger partial charge in [0.2, 0.25) is 5.75 Å². The maximum Gasteiger partial charge on any atom is 0.203 e. The number of nitrogens with zero attached hydrogens (tertiary/aromatic N) is 2. The molecule has 0 radical (unpaired) electrons. The molecule has 4 aromatic rings. The van der Waals surface area contributed by atoms with Crippen molar-refractivity contribution in [2.45, 2.75) is 24.5 Å². The van der Waals surface area contributed by atoms with Gasteiger partial charge in [-0.25, -0.2) is 9.97 Å². The Bertz CT molecular complexity index is 1270. The van der Waals surface area contributed by atoms with E-state index in [-0.39, 0.29) is 0 Å². The van der Waals surface area contributed by atoms with Crippen LogP contribution in [0.25, 0.3) is 10.2 Å². The summed E-state index contributed by atoms with van der Waals surface area (Å²) in [6.45, 7) is 4.22. The van der Waals surface area contributed by atoms with Crippen LogP contribution in [0.4, 0.5) is 11.5 Å². The normalized spacial score (nSPS) is 11.0. The van der Waals surface area contributed by atoms with Crippen LogP contribution in [0, 0.1) is 13.8 Å². The average molecular weight is 547 g/mol. The molecule has 1 N–H and O–H groups in total. The lowest BCUT2D eigenvalue weighted by atomic mass is 10.2. The van der Waals surface area contributed by atoms with Crippen molar-refractivity contribution in [2.75, 3.05) is 26.6 Å². The minimum atomic E-state index is 0.549. The average Bonchev–Trinajstić information content (AvgIpc) is 3.11. The highest BCUT2D eigenvalue weighted by Gasteiger charge is 2.18. The standard InChI is InChI=1S/C24H24BrN3O3S2/c1-13-14(2)33-24-21(13)23(26-16-10-18(29-3)22(31-5)19(11-16)30-4)27-20(28-24)12-32-17-8-6-15(25)7-9-17/h6-11H,12H2,1-5H3,(H,26,27,28). The molecule has 6 nitrogen and oxygen atoms in total. The summed E-state index contributed by atoms with van der Waals surface area (Å²) < 4.78 is 17.5. The van der Waals surface area contributed by atoms with E-state index in [1.54, 1.807) is 44.4 Å². The number of benzene rings is 2. The first-order chi connectivity index (χ1) is 15.9. The van der Waals surface area contributed by atoms with Crippen LogP contribution in [0.5, 0.6) is 17.2 Å². The minimum absolute atomic E-state index is 0.549. The molecule has 4 rings (SSSR count). The maximum absolute atomic E-state index is 5.51. The van der Waals surface area contributed by atoms with E-state index in [1.807, 2.05) is 24.3 Å². The van der Waals surface area contributed by atoms with Gasteiger partial charge in [-0.2, -0.15) is 0 Å². The highest BCUT2D eigenvalue weighted by Crippen LogP contribution is 2.42. The summed E-state index contributed by atoms with van der Waals surface area (Å²) in [5, 5.41) is 4.50. The highest BCUT2D eigenvalue weighted by molar-refractivity contribution is 9.10. The number of aryl methyl sites for hydroxylation is 2. The summed E-state index contributed by atoms with van der Waals surface area (Å²) in [6.07, 6.45) is 0. The Labute approximate surface area is 209 Å². The maximum atomic E-state index is 5.51. The third-order valence-corrected chi connectivity index (χ3v) is 7.82. The van der Waals surface area contributed by atoms with Gasteiger partial charge in [0, 0.05) is 32.1 Å². The highest BCUT2D eigenvalue weighted by atomic mass is 79.9. The third-order valence-electron chi connectivity index (χ3n) is 5.18. The van der Waals surface area contributed by atoms with E-state index in [0.29, 0.717) is 23.0 Å². The second-order valence-electron chi connectivity index (χ2n) is 7.23. The van der Waals surface area contributed by atoms with Crippen molar-refractivity contribution in [3.8, 4) is 17.2 Å². The Balaban J connectivity index is 1.72. The number of thioether (sulfide) groups is 1. The molecule has 33 heavy (non-hydrogen) atoms. The van der Waals surface area contributed by atoms with Gasteiger partial charge in [-0.05, 0) is 43.7 Å². The van der Waals surface area contributed by atoms with Crippen molar-refractivity contribution in [2.24, 2.45) is 0 Å². The van der Waals surface area contributed by atoms with Gasteiger partial charge < -0.3 is 19.5 Å². The molecular formula is C24H24BrN3O3S2. The van der Waals surface area contributed by atoms with E-state index in [9.17, 15) is 0 Å². The lowest BCUT2D eigenvalue weighted by molar-refractivity contribution is 0.324. The van der Waals surface area contributed by atoms with Gasteiger partial charge in [0.05, 0.1) is 32.5 Å². The fraction of sp³-hybridized carbons (Fsp3) is 0.250. The predicted octanol–water partition coefficient (Wildman–Crippen LogP) is 7.13. The predicted molar refractivity (Wildman–Crippen MR) is 140 cm³/mol. The Morgan fingerprint density at radius 1 is 0.970 bits per heavy atom. The van der Waals surface area contributed by atoms with E-state index < -0.39 is 0 Å². The SMILES string of the molecule is COc1cc(Nc2nc(CSc3ccc(Br)cc3)nc3sc(C)c(C)c23)cc(OC)c1OC. The van der Waals surface area contributed by atoms with Crippen molar-refractivity contribution >= 4 is 60.8 Å². The zero-order chi connectivity index (χ0) is 23.5. The largest absolute Gasteiger partial charge is 0.493 e. The first kappa shape index (κ1) is 23.7. The second-order valence-corrected chi connectivity index (χ2v) is 10.4. The second kappa shape index (κ2) is 10.2. The zero-order valence-electron chi connectivity index (χ0n) is 19.0. The van der Waals surface area contributed by atoms with Crippen molar-refractivity contribution in [3.05, 3.63) is 57.1 Å². The van der Waals surface area contributed by atoms with Gasteiger partial charge in [0.1, 0.15) is 16.5 Å². The number of hydrogen-bond donors (Lipinski definition) is 1. The summed E-state index contributed by atoms with van der Waals surface area (Å²) in [5.41, 5.74) is 1.97. The van der Waals surface area contributed by atoms with Gasteiger partial charge in [0.25, 0.3) is 0 Å². The number of ether oxygens (including phenoxy) is 3.